The molecule has 2 aromatic carbocycles. The van der Waals surface area contributed by atoms with Gasteiger partial charge < -0.3 is 24.1 Å². The molecule has 2 aliphatic rings. The summed E-state index contributed by atoms with van der Waals surface area (Å²) in [6.07, 6.45) is 0. The highest BCUT2D eigenvalue weighted by Crippen LogP contribution is 2.39. The van der Waals surface area contributed by atoms with Crippen LogP contribution in [0.2, 0.25) is 0 Å². The Labute approximate surface area is 189 Å². The van der Waals surface area contributed by atoms with Crippen LogP contribution in [-0.4, -0.2) is 56.0 Å². The second-order valence-electron chi connectivity index (χ2n) is 8.26. The number of fused-ring (bicyclic) bond motifs is 1. The summed E-state index contributed by atoms with van der Waals surface area (Å²) in [7, 11) is 0. The van der Waals surface area contributed by atoms with Gasteiger partial charge in [0.15, 0.2) is 5.76 Å². The zero-order chi connectivity index (χ0) is 22.9. The minimum absolute atomic E-state index is 0.0469. The van der Waals surface area contributed by atoms with Gasteiger partial charge in [0.2, 0.25) is 11.7 Å². The Balaban J connectivity index is 1.52. The zero-order valence-corrected chi connectivity index (χ0v) is 17.9. The minimum atomic E-state index is -1.10. The van der Waals surface area contributed by atoms with Crippen LogP contribution in [-0.2, 0) is 9.53 Å². The van der Waals surface area contributed by atoms with Crippen LogP contribution in [0.25, 0.3) is 11.0 Å². The quantitative estimate of drug-likeness (QED) is 0.563. The fourth-order valence-electron chi connectivity index (χ4n) is 4.54. The van der Waals surface area contributed by atoms with Crippen LogP contribution in [0.4, 0.5) is 4.39 Å². The molecule has 1 N–H and O–H groups in total. The van der Waals surface area contributed by atoms with Gasteiger partial charge in [0.1, 0.15) is 24.5 Å². The molecule has 1 saturated heterocycles. The Morgan fingerprint density at radius 2 is 1.85 bits per heavy atom. The largest absolute Gasteiger partial charge is 0.868 e. The molecule has 0 radical (unpaired) electrons. The lowest BCUT2D eigenvalue weighted by Gasteiger charge is -2.30. The fraction of sp³-hybridized carbons (Fsp3) is 0.280. The van der Waals surface area contributed by atoms with Crippen LogP contribution in [0.3, 0.4) is 0 Å². The highest BCUT2D eigenvalue weighted by Gasteiger charge is 2.41. The predicted molar refractivity (Wildman–Crippen MR) is 115 cm³/mol. The van der Waals surface area contributed by atoms with E-state index in [-0.39, 0.29) is 23.4 Å². The second-order valence-corrected chi connectivity index (χ2v) is 8.26. The lowest BCUT2D eigenvalue weighted by Crippen LogP contribution is -3.14. The van der Waals surface area contributed by atoms with Gasteiger partial charge in [0, 0.05) is 16.5 Å². The number of nitrogens with one attached hydrogen (secondary N) is 1. The number of rotatable bonds is 6. The number of ether oxygens (including phenoxy) is 1. The number of amides is 1. The van der Waals surface area contributed by atoms with Crippen LogP contribution in [0, 0.1) is 5.82 Å². The number of nitrogens with zero attached hydrogens (tertiary/aromatic N) is 1. The molecule has 1 unspecified atom stereocenters. The van der Waals surface area contributed by atoms with Gasteiger partial charge in [0.05, 0.1) is 32.3 Å². The van der Waals surface area contributed by atoms with E-state index in [0.29, 0.717) is 30.7 Å². The molecular formula is C25H23FN2O5. The number of halogens is 1. The van der Waals surface area contributed by atoms with Crippen LogP contribution >= 0.6 is 0 Å². The smallest absolute Gasteiger partial charge is 0.240 e. The van der Waals surface area contributed by atoms with Gasteiger partial charge in [-0.15, -0.1) is 0 Å². The van der Waals surface area contributed by atoms with Crippen molar-refractivity contribution in [3.8, 4) is 0 Å². The van der Waals surface area contributed by atoms with Gasteiger partial charge in [-0.1, -0.05) is 36.4 Å². The Kier molecular flexibility index (Phi) is 5.70. The Bertz CT molecular complexity index is 1210. The summed E-state index contributed by atoms with van der Waals surface area (Å²) in [6.45, 7) is 3.61. The van der Waals surface area contributed by atoms with E-state index in [2.05, 4.69) is 0 Å². The van der Waals surface area contributed by atoms with E-state index in [9.17, 15) is 19.1 Å². The molecule has 1 amide bonds. The Hall–Kier alpha value is -3.49. The first-order valence-corrected chi connectivity index (χ1v) is 11.0. The van der Waals surface area contributed by atoms with Gasteiger partial charge >= 0.3 is 0 Å². The second kappa shape index (κ2) is 8.80. The van der Waals surface area contributed by atoms with E-state index in [0.717, 1.165) is 13.1 Å². The van der Waals surface area contributed by atoms with Crippen molar-refractivity contribution in [2.45, 2.75) is 6.04 Å². The molecule has 0 saturated carbocycles. The topological polar surface area (TPSA) is 87.2 Å². The first kappa shape index (κ1) is 21.4. The molecule has 33 heavy (non-hydrogen) atoms. The summed E-state index contributed by atoms with van der Waals surface area (Å²) < 4.78 is 25.9. The number of para-hydroxylation sites is 1. The number of furan rings is 1. The van der Waals surface area contributed by atoms with Crippen LogP contribution in [0.5, 0.6) is 0 Å². The maximum Gasteiger partial charge on any atom is 0.240 e. The highest BCUT2D eigenvalue weighted by molar-refractivity contribution is 6.15. The summed E-state index contributed by atoms with van der Waals surface area (Å²) in [4.78, 5) is 29.0. The highest BCUT2D eigenvalue weighted by atomic mass is 19.1. The van der Waals surface area contributed by atoms with Crippen molar-refractivity contribution in [2.75, 3.05) is 39.4 Å². The number of carbonyl (C=O) groups excluding carboxylic acids is 2. The number of ketones is 1. The van der Waals surface area contributed by atoms with E-state index in [1.54, 1.807) is 36.4 Å². The Morgan fingerprint density at radius 1 is 1.12 bits per heavy atom. The monoisotopic (exact) mass is 450 g/mol. The van der Waals surface area contributed by atoms with Crippen LogP contribution < -0.4 is 10.0 Å². The number of carbonyl (C=O) groups is 2. The van der Waals surface area contributed by atoms with E-state index in [1.807, 2.05) is 0 Å². The molecule has 3 heterocycles. The zero-order valence-electron chi connectivity index (χ0n) is 17.9. The van der Waals surface area contributed by atoms with E-state index < -0.39 is 29.3 Å². The maximum absolute atomic E-state index is 14.9. The molecule has 3 aromatic rings. The number of benzene rings is 2. The first-order chi connectivity index (χ1) is 16.0. The molecule has 0 aliphatic carbocycles. The van der Waals surface area contributed by atoms with Crippen molar-refractivity contribution >= 4 is 22.7 Å². The van der Waals surface area contributed by atoms with Crippen molar-refractivity contribution in [1.29, 1.82) is 0 Å². The molecule has 2 aliphatic heterocycles. The molecule has 1 atom stereocenters. The van der Waals surface area contributed by atoms with E-state index in [1.165, 1.54) is 28.0 Å². The van der Waals surface area contributed by atoms with E-state index >= 15 is 0 Å². The third-order valence-electron chi connectivity index (χ3n) is 6.28. The molecule has 1 fully saturated rings. The molecule has 8 heteroatoms. The predicted octanol–water partition coefficient (Wildman–Crippen LogP) is 0.868. The lowest BCUT2D eigenvalue weighted by molar-refractivity contribution is -0.907. The van der Waals surface area contributed by atoms with Gasteiger partial charge in [-0.25, -0.2) is 4.39 Å². The standard InChI is InChI=1S/C25H23FN2O5/c26-18-7-3-2-6-17(18)22-21(23(29)20-15-16-5-1-4-8-19(16)33-20)24(30)25(31)28(22)10-9-27-11-13-32-14-12-27/h1-8,15,22,30H,9-14H2. The van der Waals surface area contributed by atoms with E-state index in [4.69, 9.17) is 9.15 Å². The summed E-state index contributed by atoms with van der Waals surface area (Å²) in [5.41, 5.74) is 0.336. The summed E-state index contributed by atoms with van der Waals surface area (Å²) in [5.74, 6) is -3.03. The average Bonchev–Trinajstić information content (AvgIpc) is 3.38. The summed E-state index contributed by atoms with van der Waals surface area (Å²) >= 11 is 0. The summed E-state index contributed by atoms with van der Waals surface area (Å²) in [5, 5.41) is 13.8. The number of morpholine rings is 1. The van der Waals surface area contributed by atoms with Gasteiger partial charge in [-0.2, -0.15) is 0 Å². The third-order valence-corrected chi connectivity index (χ3v) is 6.28. The van der Waals surface area contributed by atoms with Crippen molar-refractivity contribution in [3.05, 3.63) is 83.1 Å². The maximum atomic E-state index is 14.9. The van der Waals surface area contributed by atoms with Gasteiger partial charge in [0.25, 0.3) is 0 Å². The minimum Gasteiger partial charge on any atom is -0.868 e. The van der Waals surface area contributed by atoms with Crippen molar-refractivity contribution in [2.24, 2.45) is 0 Å². The fourth-order valence-corrected chi connectivity index (χ4v) is 4.54. The average molecular weight is 450 g/mol. The van der Waals surface area contributed by atoms with Crippen molar-refractivity contribution in [3.63, 3.8) is 0 Å². The Morgan fingerprint density at radius 3 is 2.61 bits per heavy atom. The van der Waals surface area contributed by atoms with Gasteiger partial charge in [-0.3, -0.25) is 9.59 Å². The molecule has 170 valence electrons. The molecule has 0 spiro atoms. The molecular weight excluding hydrogens is 427 g/mol. The SMILES string of the molecule is O=C(C1=C([O-])C(=O)N(CC[NH+]2CCOCC2)C1c1ccccc1F)c1cc2ccccc2o1. The number of quaternary nitrogens is 1. The third kappa shape index (κ3) is 3.92. The number of Topliss-reactive ketones (excluding diaryl/α,β-unsaturated/α-hetero) is 1. The van der Waals surface area contributed by atoms with Crippen molar-refractivity contribution in [1.82, 2.24) is 4.90 Å². The molecule has 1 aromatic heterocycles. The van der Waals surface area contributed by atoms with Crippen LogP contribution in [0.1, 0.15) is 22.2 Å². The first-order valence-electron chi connectivity index (χ1n) is 11.0. The molecule has 7 nitrogen and oxygen atoms in total. The summed E-state index contributed by atoms with van der Waals surface area (Å²) in [6, 6.07) is 13.4. The lowest BCUT2D eigenvalue weighted by atomic mass is 9.94. The molecule has 5 rings (SSSR count). The van der Waals surface area contributed by atoms with Crippen molar-refractivity contribution < 1.29 is 33.1 Å². The van der Waals surface area contributed by atoms with Gasteiger partial charge in [-0.05, 0) is 24.0 Å². The number of hydrogen-bond donors (Lipinski definition) is 1. The molecule has 0 bridgehead atoms. The normalized spacial score (nSPS) is 19.6. The number of hydrogen-bond acceptors (Lipinski definition) is 5. The van der Waals surface area contributed by atoms with Crippen LogP contribution in [0.15, 0.2) is 70.3 Å².